The molecule has 0 saturated heterocycles. The van der Waals surface area contributed by atoms with E-state index in [0.717, 1.165) is 6.07 Å². The number of benzene rings is 1. The fraction of sp³-hybridized carbons (Fsp3) is 0.333. The summed E-state index contributed by atoms with van der Waals surface area (Å²) in [7, 11) is 0. The van der Waals surface area contributed by atoms with Gasteiger partial charge in [0, 0.05) is 11.0 Å². The molecule has 18 heavy (non-hydrogen) atoms. The summed E-state index contributed by atoms with van der Waals surface area (Å²) >= 11 is 3.16. The summed E-state index contributed by atoms with van der Waals surface area (Å²) in [5, 5.41) is 8.75. The second-order valence-electron chi connectivity index (χ2n) is 3.74. The quantitative estimate of drug-likeness (QED) is 0.907. The number of hydrogen-bond donors (Lipinski definition) is 1. The predicted molar refractivity (Wildman–Crippen MR) is 67.9 cm³/mol. The van der Waals surface area contributed by atoms with Crippen molar-refractivity contribution in [2.75, 3.05) is 13.1 Å². The number of aliphatic carboxylic acids is 1. The minimum atomic E-state index is -1.09. The number of hydrogen-bond acceptors (Lipinski definition) is 2. The van der Waals surface area contributed by atoms with Gasteiger partial charge in [-0.2, -0.15) is 0 Å². The fourth-order valence-corrected chi connectivity index (χ4v) is 1.93. The highest BCUT2D eigenvalue weighted by molar-refractivity contribution is 9.10. The van der Waals surface area contributed by atoms with Gasteiger partial charge in [-0.05, 0) is 40.5 Å². The van der Waals surface area contributed by atoms with Crippen LogP contribution in [0.25, 0.3) is 0 Å². The molecule has 1 N–H and O–H groups in total. The summed E-state index contributed by atoms with van der Waals surface area (Å²) in [6.45, 7) is 1.76. The van der Waals surface area contributed by atoms with E-state index < -0.39 is 24.2 Å². The molecule has 0 spiro atoms. The number of carbonyl (C=O) groups excluding carboxylic acids is 1. The van der Waals surface area contributed by atoms with E-state index in [-0.39, 0.29) is 5.56 Å². The van der Waals surface area contributed by atoms with Crippen LogP contribution in [0, 0.1) is 5.82 Å². The molecule has 0 aliphatic rings. The summed E-state index contributed by atoms with van der Waals surface area (Å²) in [4.78, 5) is 24.0. The zero-order valence-corrected chi connectivity index (χ0v) is 11.4. The van der Waals surface area contributed by atoms with Gasteiger partial charge < -0.3 is 10.0 Å². The van der Waals surface area contributed by atoms with E-state index in [0.29, 0.717) is 17.4 Å². The topological polar surface area (TPSA) is 57.6 Å². The van der Waals surface area contributed by atoms with Crippen LogP contribution in [-0.4, -0.2) is 35.0 Å². The summed E-state index contributed by atoms with van der Waals surface area (Å²) in [6, 6.07) is 3.74. The number of carboxylic acid groups (broad SMARTS) is 1. The number of carbonyl (C=O) groups is 2. The second kappa shape index (κ2) is 6.49. The number of amides is 1. The van der Waals surface area contributed by atoms with Crippen molar-refractivity contribution in [3.63, 3.8) is 0 Å². The summed E-state index contributed by atoms with van der Waals surface area (Å²) in [6.07, 6.45) is 0.631. The average Bonchev–Trinajstić information content (AvgIpc) is 2.30. The van der Waals surface area contributed by atoms with Crippen molar-refractivity contribution in [1.29, 1.82) is 0 Å². The van der Waals surface area contributed by atoms with Crippen LogP contribution in [0.5, 0.6) is 0 Å². The van der Waals surface area contributed by atoms with Crippen molar-refractivity contribution in [2.24, 2.45) is 0 Å². The minimum Gasteiger partial charge on any atom is -0.480 e. The lowest BCUT2D eigenvalue weighted by molar-refractivity contribution is -0.137. The highest BCUT2D eigenvalue weighted by atomic mass is 79.9. The molecule has 0 aliphatic heterocycles. The van der Waals surface area contributed by atoms with Crippen molar-refractivity contribution in [3.05, 3.63) is 34.1 Å². The smallest absolute Gasteiger partial charge is 0.323 e. The lowest BCUT2D eigenvalue weighted by atomic mass is 10.2. The maximum atomic E-state index is 13.1. The standard InChI is InChI=1S/C12H13BrFNO3/c1-2-5-15(7-11(16)17)12(18)9-6-8(14)3-4-10(9)13/h3-4,6H,2,5,7H2,1H3,(H,16,17). The first kappa shape index (κ1) is 14.6. The number of rotatable bonds is 5. The van der Waals surface area contributed by atoms with Crippen LogP contribution >= 0.6 is 15.9 Å². The van der Waals surface area contributed by atoms with Gasteiger partial charge in [-0.1, -0.05) is 6.92 Å². The maximum absolute atomic E-state index is 13.1. The third kappa shape index (κ3) is 3.80. The van der Waals surface area contributed by atoms with Crippen LogP contribution in [0.2, 0.25) is 0 Å². The Labute approximate surface area is 113 Å². The van der Waals surface area contributed by atoms with E-state index in [1.54, 1.807) is 0 Å². The summed E-state index contributed by atoms with van der Waals surface area (Å²) in [5.74, 6) is -2.12. The van der Waals surface area contributed by atoms with Gasteiger partial charge >= 0.3 is 5.97 Å². The third-order valence-electron chi connectivity index (χ3n) is 2.27. The van der Waals surface area contributed by atoms with Crippen LogP contribution in [0.15, 0.2) is 22.7 Å². The Kier molecular flexibility index (Phi) is 5.27. The molecule has 98 valence electrons. The average molecular weight is 318 g/mol. The van der Waals surface area contributed by atoms with Crippen molar-refractivity contribution in [3.8, 4) is 0 Å². The van der Waals surface area contributed by atoms with E-state index in [1.165, 1.54) is 17.0 Å². The first-order chi connectivity index (χ1) is 8.45. The van der Waals surface area contributed by atoms with E-state index >= 15 is 0 Å². The zero-order chi connectivity index (χ0) is 13.7. The highest BCUT2D eigenvalue weighted by Gasteiger charge is 2.20. The number of nitrogens with zero attached hydrogens (tertiary/aromatic N) is 1. The van der Waals surface area contributed by atoms with Crippen LogP contribution in [0.4, 0.5) is 4.39 Å². The van der Waals surface area contributed by atoms with Crippen LogP contribution in [-0.2, 0) is 4.79 Å². The zero-order valence-electron chi connectivity index (χ0n) is 9.82. The molecule has 0 heterocycles. The van der Waals surface area contributed by atoms with Crippen molar-refractivity contribution in [1.82, 2.24) is 4.90 Å². The Hall–Kier alpha value is -1.43. The molecule has 0 unspecified atom stereocenters. The monoisotopic (exact) mass is 317 g/mol. The normalized spacial score (nSPS) is 10.2. The molecule has 0 aromatic heterocycles. The van der Waals surface area contributed by atoms with Gasteiger partial charge in [0.25, 0.3) is 5.91 Å². The largest absolute Gasteiger partial charge is 0.480 e. The van der Waals surface area contributed by atoms with Gasteiger partial charge in [-0.25, -0.2) is 4.39 Å². The second-order valence-corrected chi connectivity index (χ2v) is 4.60. The molecule has 1 rings (SSSR count). The van der Waals surface area contributed by atoms with Gasteiger partial charge in [0.2, 0.25) is 0 Å². The lowest BCUT2D eigenvalue weighted by Crippen LogP contribution is -2.36. The molecule has 4 nitrogen and oxygen atoms in total. The molecule has 0 saturated carbocycles. The molecule has 0 bridgehead atoms. The first-order valence-corrected chi connectivity index (χ1v) is 6.21. The van der Waals surface area contributed by atoms with Crippen LogP contribution < -0.4 is 0 Å². The van der Waals surface area contributed by atoms with E-state index in [2.05, 4.69) is 15.9 Å². The number of carboxylic acids is 1. The maximum Gasteiger partial charge on any atom is 0.323 e. The molecule has 0 fully saturated rings. The van der Waals surface area contributed by atoms with Gasteiger partial charge in [0.1, 0.15) is 12.4 Å². The van der Waals surface area contributed by atoms with E-state index in [4.69, 9.17) is 5.11 Å². The van der Waals surface area contributed by atoms with Crippen molar-refractivity contribution >= 4 is 27.8 Å². The molecular formula is C12H13BrFNO3. The molecule has 1 aromatic carbocycles. The SMILES string of the molecule is CCCN(CC(=O)O)C(=O)c1cc(F)ccc1Br. The Morgan fingerprint density at radius 1 is 1.44 bits per heavy atom. The first-order valence-electron chi connectivity index (χ1n) is 5.41. The molecule has 0 radical (unpaired) electrons. The number of halogens is 2. The lowest BCUT2D eigenvalue weighted by Gasteiger charge is -2.20. The fourth-order valence-electron chi connectivity index (χ4n) is 1.52. The molecular weight excluding hydrogens is 305 g/mol. The highest BCUT2D eigenvalue weighted by Crippen LogP contribution is 2.19. The Balaban J connectivity index is 3.01. The molecule has 1 amide bonds. The van der Waals surface area contributed by atoms with E-state index in [9.17, 15) is 14.0 Å². The van der Waals surface area contributed by atoms with Gasteiger partial charge in [-0.15, -0.1) is 0 Å². The van der Waals surface area contributed by atoms with Gasteiger partial charge in [0.15, 0.2) is 0 Å². The third-order valence-corrected chi connectivity index (χ3v) is 2.96. The summed E-state index contributed by atoms with van der Waals surface area (Å²) < 4.78 is 13.6. The molecule has 6 heteroatoms. The summed E-state index contributed by atoms with van der Waals surface area (Å²) in [5.41, 5.74) is 0.129. The van der Waals surface area contributed by atoms with E-state index in [1.807, 2.05) is 6.92 Å². The Morgan fingerprint density at radius 2 is 2.11 bits per heavy atom. The Morgan fingerprint density at radius 3 is 2.67 bits per heavy atom. The molecule has 0 aliphatic carbocycles. The molecule has 1 aromatic rings. The predicted octanol–water partition coefficient (Wildman–Crippen LogP) is 2.53. The van der Waals surface area contributed by atoms with Gasteiger partial charge in [0.05, 0.1) is 5.56 Å². The van der Waals surface area contributed by atoms with Gasteiger partial charge in [-0.3, -0.25) is 9.59 Å². The molecule has 0 atom stereocenters. The van der Waals surface area contributed by atoms with Crippen LogP contribution in [0.1, 0.15) is 23.7 Å². The van der Waals surface area contributed by atoms with Crippen molar-refractivity contribution in [2.45, 2.75) is 13.3 Å². The minimum absolute atomic E-state index is 0.129. The Bertz CT molecular complexity index is 465. The van der Waals surface area contributed by atoms with Crippen LogP contribution in [0.3, 0.4) is 0 Å². The van der Waals surface area contributed by atoms with Crippen molar-refractivity contribution < 1.29 is 19.1 Å².